The van der Waals surface area contributed by atoms with Crippen molar-refractivity contribution in [2.75, 3.05) is 7.11 Å². The van der Waals surface area contributed by atoms with Gasteiger partial charge in [-0.05, 0) is 45.2 Å². The molecule has 0 spiro atoms. The van der Waals surface area contributed by atoms with Gasteiger partial charge in [-0.3, -0.25) is 11.3 Å². The Bertz CT molecular complexity index is 393. The largest absolute Gasteiger partial charge is 0.379 e. The zero-order chi connectivity index (χ0) is 13.8. The van der Waals surface area contributed by atoms with Crippen LogP contribution < -0.4 is 11.3 Å². The van der Waals surface area contributed by atoms with Crippen molar-refractivity contribution in [3.05, 3.63) is 33.8 Å². The maximum atomic E-state index is 5.68. The number of nitrogens with two attached hydrogens (primary N) is 1. The Morgan fingerprint density at radius 3 is 2.67 bits per heavy atom. The number of hydrazine groups is 1. The highest BCUT2D eigenvalue weighted by atomic mass is 79.9. The first-order chi connectivity index (χ1) is 8.39. The highest BCUT2D eigenvalue weighted by Crippen LogP contribution is 2.29. The predicted octanol–water partition coefficient (Wildman–Crippen LogP) is 3.47. The van der Waals surface area contributed by atoms with Gasteiger partial charge < -0.3 is 4.74 Å². The van der Waals surface area contributed by atoms with E-state index in [1.165, 1.54) is 11.1 Å². The number of hydrogen-bond acceptors (Lipinski definition) is 3. The maximum Gasteiger partial charge on any atom is 0.0623 e. The third kappa shape index (κ3) is 4.35. The summed E-state index contributed by atoms with van der Waals surface area (Å²) in [6, 6.07) is 6.44. The molecule has 0 bridgehead atoms. The molecule has 0 radical (unpaired) electrons. The molecule has 0 amide bonds. The summed E-state index contributed by atoms with van der Waals surface area (Å²) in [6.45, 7) is 6.26. The van der Waals surface area contributed by atoms with Crippen LogP contribution in [0.5, 0.6) is 0 Å². The molecule has 1 aromatic rings. The fraction of sp³-hybridized carbons (Fsp3) is 0.571. The highest BCUT2D eigenvalue weighted by Gasteiger charge is 2.20. The van der Waals surface area contributed by atoms with Crippen LogP contribution in [0.2, 0.25) is 0 Å². The number of ether oxygens (including phenoxy) is 1. The van der Waals surface area contributed by atoms with Crippen LogP contribution in [-0.4, -0.2) is 12.7 Å². The van der Waals surface area contributed by atoms with Gasteiger partial charge in [0.1, 0.15) is 0 Å². The zero-order valence-corrected chi connectivity index (χ0v) is 13.2. The van der Waals surface area contributed by atoms with E-state index in [2.05, 4.69) is 60.3 Å². The minimum Gasteiger partial charge on any atom is -0.379 e. The molecule has 0 saturated heterocycles. The molecule has 4 heteroatoms. The number of aryl methyl sites for hydroxylation is 1. The van der Waals surface area contributed by atoms with Crippen molar-refractivity contribution in [3.63, 3.8) is 0 Å². The molecular formula is C14H23BrN2O. The maximum absolute atomic E-state index is 5.68. The summed E-state index contributed by atoms with van der Waals surface area (Å²) >= 11 is 3.58. The molecule has 18 heavy (non-hydrogen) atoms. The SMILES string of the molecule is COC(C)(C)CCC(NN)c1cc(C)ccc1Br. The molecule has 1 rings (SSSR count). The van der Waals surface area contributed by atoms with Crippen LogP contribution in [-0.2, 0) is 4.74 Å². The standard InChI is InChI=1S/C14H23BrN2O/c1-10-5-6-12(15)11(9-10)13(17-16)7-8-14(2,3)18-4/h5-6,9,13,17H,7-8,16H2,1-4H3. The summed E-state index contributed by atoms with van der Waals surface area (Å²) in [5.74, 6) is 5.68. The molecule has 0 fully saturated rings. The van der Waals surface area contributed by atoms with Gasteiger partial charge in [-0.15, -0.1) is 0 Å². The van der Waals surface area contributed by atoms with Crippen molar-refractivity contribution >= 4 is 15.9 Å². The number of halogens is 1. The number of nitrogens with one attached hydrogen (secondary N) is 1. The fourth-order valence-electron chi connectivity index (χ4n) is 1.85. The molecule has 0 heterocycles. The minimum atomic E-state index is -0.120. The molecule has 0 aliphatic heterocycles. The summed E-state index contributed by atoms with van der Waals surface area (Å²) in [5.41, 5.74) is 5.21. The molecule has 1 aromatic carbocycles. The Hall–Kier alpha value is -0.420. The Balaban J connectivity index is 2.80. The fourth-order valence-corrected chi connectivity index (χ4v) is 2.38. The van der Waals surface area contributed by atoms with E-state index in [1.807, 2.05) is 0 Å². The van der Waals surface area contributed by atoms with Crippen molar-refractivity contribution in [3.8, 4) is 0 Å². The van der Waals surface area contributed by atoms with Crippen LogP contribution in [0.15, 0.2) is 22.7 Å². The van der Waals surface area contributed by atoms with Crippen molar-refractivity contribution in [1.29, 1.82) is 0 Å². The van der Waals surface area contributed by atoms with Crippen LogP contribution >= 0.6 is 15.9 Å². The second-order valence-electron chi connectivity index (χ2n) is 5.25. The lowest BCUT2D eigenvalue weighted by atomic mass is 9.94. The first-order valence-corrected chi connectivity index (χ1v) is 6.96. The molecule has 1 atom stereocenters. The van der Waals surface area contributed by atoms with Crippen molar-refractivity contribution in [2.24, 2.45) is 5.84 Å². The van der Waals surface area contributed by atoms with Gasteiger partial charge in [0.25, 0.3) is 0 Å². The second kappa shape index (κ2) is 6.66. The lowest BCUT2D eigenvalue weighted by Gasteiger charge is -2.26. The van der Waals surface area contributed by atoms with E-state index in [4.69, 9.17) is 10.6 Å². The average Bonchev–Trinajstić information content (AvgIpc) is 2.34. The van der Waals surface area contributed by atoms with Gasteiger partial charge in [0.2, 0.25) is 0 Å². The van der Waals surface area contributed by atoms with Gasteiger partial charge in [0.05, 0.1) is 5.60 Å². The Morgan fingerprint density at radius 1 is 1.44 bits per heavy atom. The summed E-state index contributed by atoms with van der Waals surface area (Å²) < 4.78 is 6.53. The minimum absolute atomic E-state index is 0.120. The lowest BCUT2D eigenvalue weighted by molar-refractivity contribution is 0.0116. The molecule has 1 unspecified atom stereocenters. The third-order valence-corrected chi connectivity index (χ3v) is 4.04. The van der Waals surface area contributed by atoms with Crippen LogP contribution in [0.4, 0.5) is 0 Å². The van der Waals surface area contributed by atoms with E-state index in [9.17, 15) is 0 Å². The van der Waals surface area contributed by atoms with Crippen molar-refractivity contribution in [1.82, 2.24) is 5.43 Å². The molecule has 0 aliphatic rings. The first-order valence-electron chi connectivity index (χ1n) is 6.17. The van der Waals surface area contributed by atoms with Crippen LogP contribution in [0.1, 0.15) is 43.9 Å². The van der Waals surface area contributed by atoms with E-state index in [0.717, 1.165) is 17.3 Å². The van der Waals surface area contributed by atoms with Crippen molar-refractivity contribution in [2.45, 2.75) is 45.3 Å². The predicted molar refractivity (Wildman–Crippen MR) is 79.3 cm³/mol. The molecule has 3 N–H and O–H groups in total. The lowest BCUT2D eigenvalue weighted by Crippen LogP contribution is -2.31. The second-order valence-corrected chi connectivity index (χ2v) is 6.10. The molecule has 3 nitrogen and oxygen atoms in total. The highest BCUT2D eigenvalue weighted by molar-refractivity contribution is 9.10. The third-order valence-electron chi connectivity index (χ3n) is 3.32. The molecule has 102 valence electrons. The summed E-state index contributed by atoms with van der Waals surface area (Å²) in [4.78, 5) is 0. The molecule has 0 aliphatic carbocycles. The first kappa shape index (κ1) is 15.6. The summed E-state index contributed by atoms with van der Waals surface area (Å²) in [7, 11) is 1.74. The van der Waals surface area contributed by atoms with Crippen molar-refractivity contribution < 1.29 is 4.74 Å². The summed E-state index contributed by atoms with van der Waals surface area (Å²) in [6.07, 6.45) is 1.87. The van der Waals surface area contributed by atoms with Gasteiger partial charge in [-0.1, -0.05) is 33.6 Å². The molecular weight excluding hydrogens is 292 g/mol. The quantitative estimate of drug-likeness (QED) is 0.624. The van der Waals surface area contributed by atoms with E-state index in [-0.39, 0.29) is 11.6 Å². The van der Waals surface area contributed by atoms with Gasteiger partial charge in [-0.2, -0.15) is 0 Å². The molecule has 0 aromatic heterocycles. The van der Waals surface area contributed by atoms with Crippen LogP contribution in [0.3, 0.4) is 0 Å². The normalized spacial score (nSPS) is 13.7. The van der Waals surface area contributed by atoms with Gasteiger partial charge in [0, 0.05) is 17.6 Å². The van der Waals surface area contributed by atoms with E-state index < -0.39 is 0 Å². The van der Waals surface area contributed by atoms with E-state index in [0.29, 0.717) is 0 Å². The van der Waals surface area contributed by atoms with Crippen LogP contribution in [0, 0.1) is 6.92 Å². The molecule has 0 saturated carbocycles. The smallest absolute Gasteiger partial charge is 0.0623 e. The van der Waals surface area contributed by atoms with Gasteiger partial charge >= 0.3 is 0 Å². The monoisotopic (exact) mass is 314 g/mol. The Labute approximate surface area is 118 Å². The number of benzene rings is 1. The Kier molecular flexibility index (Phi) is 5.79. The topological polar surface area (TPSA) is 47.3 Å². The van der Waals surface area contributed by atoms with Gasteiger partial charge in [0.15, 0.2) is 0 Å². The summed E-state index contributed by atoms with van der Waals surface area (Å²) in [5, 5.41) is 0. The number of hydrogen-bond donors (Lipinski definition) is 2. The zero-order valence-electron chi connectivity index (χ0n) is 11.6. The van der Waals surface area contributed by atoms with E-state index >= 15 is 0 Å². The van der Waals surface area contributed by atoms with Gasteiger partial charge in [-0.25, -0.2) is 0 Å². The average molecular weight is 315 g/mol. The van der Waals surface area contributed by atoms with E-state index in [1.54, 1.807) is 7.11 Å². The Morgan fingerprint density at radius 2 is 2.11 bits per heavy atom. The van der Waals surface area contributed by atoms with Crippen LogP contribution in [0.25, 0.3) is 0 Å². The number of rotatable bonds is 6. The number of methoxy groups -OCH3 is 1.